The van der Waals surface area contributed by atoms with E-state index in [4.69, 9.17) is 23.1 Å². The Labute approximate surface area is 109 Å². The Morgan fingerprint density at radius 3 is 2.72 bits per heavy atom. The first-order valence-electron chi connectivity index (χ1n) is 5.05. The minimum atomic E-state index is -1.12. The Bertz CT molecular complexity index is 509. The predicted molar refractivity (Wildman–Crippen MR) is 68.9 cm³/mol. The molecule has 5 nitrogen and oxygen atoms in total. The maximum absolute atomic E-state index is 11.4. The van der Waals surface area contributed by atoms with Crippen LogP contribution in [0.1, 0.15) is 16.8 Å². The first-order valence-corrected chi connectivity index (χ1v) is 5.43. The van der Waals surface area contributed by atoms with Crippen LogP contribution in [0.4, 0.5) is 10.5 Å². The van der Waals surface area contributed by atoms with Gasteiger partial charge in [0.25, 0.3) is 0 Å². The van der Waals surface area contributed by atoms with Crippen molar-refractivity contribution in [3.8, 4) is 12.3 Å². The molecule has 0 atom stereocenters. The molecule has 0 bridgehead atoms. The predicted octanol–water partition coefficient (Wildman–Crippen LogP) is 2.18. The molecular formula is C12H11ClN2O3. The van der Waals surface area contributed by atoms with Gasteiger partial charge < -0.3 is 15.7 Å². The van der Waals surface area contributed by atoms with Crippen molar-refractivity contribution in [1.29, 1.82) is 0 Å². The summed E-state index contributed by atoms with van der Waals surface area (Å²) in [5.74, 6) is 1.26. The fourth-order valence-electron chi connectivity index (χ4n) is 1.21. The van der Waals surface area contributed by atoms with Gasteiger partial charge in [0, 0.05) is 23.7 Å². The summed E-state index contributed by atoms with van der Waals surface area (Å²) in [7, 11) is 0. The number of urea groups is 1. The minimum absolute atomic E-state index is 0.00132. The van der Waals surface area contributed by atoms with Crippen molar-refractivity contribution in [1.82, 2.24) is 5.32 Å². The number of hydrogen-bond acceptors (Lipinski definition) is 2. The Morgan fingerprint density at radius 2 is 2.11 bits per heavy atom. The zero-order valence-electron chi connectivity index (χ0n) is 9.37. The summed E-state index contributed by atoms with van der Waals surface area (Å²) in [4.78, 5) is 22.2. The van der Waals surface area contributed by atoms with Crippen LogP contribution in [-0.4, -0.2) is 23.7 Å². The number of carboxylic acids is 1. The smallest absolute Gasteiger partial charge is 0.335 e. The molecular weight excluding hydrogens is 256 g/mol. The van der Waals surface area contributed by atoms with Crippen molar-refractivity contribution >= 4 is 29.3 Å². The monoisotopic (exact) mass is 266 g/mol. The van der Waals surface area contributed by atoms with Gasteiger partial charge >= 0.3 is 12.0 Å². The molecule has 0 unspecified atom stereocenters. The first kappa shape index (κ1) is 13.9. The highest BCUT2D eigenvalue weighted by molar-refractivity contribution is 6.31. The SMILES string of the molecule is C#CCCNC(=O)Nc1cc(Cl)cc(C(=O)O)c1. The Hall–Kier alpha value is -2.19. The van der Waals surface area contributed by atoms with E-state index in [1.165, 1.54) is 18.2 Å². The number of nitrogens with one attached hydrogen (secondary N) is 2. The molecule has 0 radical (unpaired) electrons. The summed E-state index contributed by atoms with van der Waals surface area (Å²) in [6, 6.07) is 3.60. The molecule has 0 saturated carbocycles. The fraction of sp³-hybridized carbons (Fsp3) is 0.167. The third kappa shape index (κ3) is 4.36. The second kappa shape index (κ2) is 6.52. The lowest BCUT2D eigenvalue weighted by Crippen LogP contribution is -2.29. The van der Waals surface area contributed by atoms with Gasteiger partial charge in [-0.1, -0.05) is 11.6 Å². The van der Waals surface area contributed by atoms with Gasteiger partial charge in [0.2, 0.25) is 0 Å². The topological polar surface area (TPSA) is 78.4 Å². The zero-order chi connectivity index (χ0) is 13.5. The third-order valence-electron chi connectivity index (χ3n) is 1.96. The molecule has 6 heteroatoms. The summed E-state index contributed by atoms with van der Waals surface area (Å²) < 4.78 is 0. The maximum Gasteiger partial charge on any atom is 0.335 e. The number of terminal acetylenes is 1. The van der Waals surface area contributed by atoms with Crippen molar-refractivity contribution in [2.24, 2.45) is 0 Å². The normalized spacial score (nSPS) is 9.33. The number of carbonyl (C=O) groups is 2. The summed E-state index contributed by atoms with van der Waals surface area (Å²) in [6.45, 7) is 0.342. The highest BCUT2D eigenvalue weighted by Gasteiger charge is 2.08. The molecule has 0 saturated heterocycles. The van der Waals surface area contributed by atoms with Crippen LogP contribution in [0.25, 0.3) is 0 Å². The number of carbonyl (C=O) groups excluding carboxylic acids is 1. The Kier molecular flexibility index (Phi) is 5.03. The minimum Gasteiger partial charge on any atom is -0.478 e. The number of carboxylic acid groups (broad SMARTS) is 1. The van der Waals surface area contributed by atoms with Gasteiger partial charge in [-0.05, 0) is 18.2 Å². The van der Waals surface area contributed by atoms with Crippen LogP contribution in [0.3, 0.4) is 0 Å². The second-order valence-corrected chi connectivity index (χ2v) is 3.81. The lowest BCUT2D eigenvalue weighted by Gasteiger charge is -2.07. The summed E-state index contributed by atoms with van der Waals surface area (Å²) in [5, 5.41) is 14.1. The van der Waals surface area contributed by atoms with Gasteiger partial charge in [-0.3, -0.25) is 0 Å². The number of rotatable bonds is 4. The van der Waals surface area contributed by atoms with Gasteiger partial charge in [0.1, 0.15) is 0 Å². The van der Waals surface area contributed by atoms with Crippen molar-refractivity contribution in [2.75, 3.05) is 11.9 Å². The molecule has 0 aromatic heterocycles. The molecule has 2 amide bonds. The van der Waals surface area contributed by atoms with Crippen LogP contribution in [-0.2, 0) is 0 Å². The number of halogens is 1. The van der Waals surface area contributed by atoms with Crippen LogP contribution in [0.15, 0.2) is 18.2 Å². The number of amides is 2. The second-order valence-electron chi connectivity index (χ2n) is 3.37. The molecule has 0 heterocycles. The van der Waals surface area contributed by atoms with E-state index in [9.17, 15) is 9.59 Å². The van der Waals surface area contributed by atoms with Crippen LogP contribution in [0.2, 0.25) is 5.02 Å². The number of anilines is 1. The molecule has 94 valence electrons. The van der Waals surface area contributed by atoms with Crippen LogP contribution < -0.4 is 10.6 Å². The fourth-order valence-corrected chi connectivity index (χ4v) is 1.44. The van der Waals surface area contributed by atoms with Crippen LogP contribution in [0, 0.1) is 12.3 Å². The molecule has 0 aliphatic carbocycles. The van der Waals surface area contributed by atoms with Gasteiger partial charge in [-0.2, -0.15) is 0 Å². The van der Waals surface area contributed by atoms with Crippen molar-refractivity contribution < 1.29 is 14.7 Å². The highest BCUT2D eigenvalue weighted by Crippen LogP contribution is 2.19. The standard InChI is InChI=1S/C12H11ClN2O3/c1-2-3-4-14-12(18)15-10-6-8(11(16)17)5-9(13)7-10/h1,5-7H,3-4H2,(H,16,17)(H2,14,15,18). The quantitative estimate of drug-likeness (QED) is 0.577. The van der Waals surface area contributed by atoms with Gasteiger partial charge in [-0.25, -0.2) is 9.59 Å². The lowest BCUT2D eigenvalue weighted by atomic mass is 10.2. The zero-order valence-corrected chi connectivity index (χ0v) is 10.1. The van der Waals surface area contributed by atoms with E-state index in [2.05, 4.69) is 16.6 Å². The van der Waals surface area contributed by atoms with Gasteiger partial charge in [0.15, 0.2) is 0 Å². The van der Waals surface area contributed by atoms with E-state index in [0.717, 1.165) is 0 Å². The van der Waals surface area contributed by atoms with E-state index in [1.807, 2.05) is 0 Å². The van der Waals surface area contributed by atoms with Crippen molar-refractivity contribution in [3.63, 3.8) is 0 Å². The van der Waals surface area contributed by atoms with Gasteiger partial charge in [0.05, 0.1) is 5.56 Å². The van der Waals surface area contributed by atoms with E-state index in [1.54, 1.807) is 0 Å². The van der Waals surface area contributed by atoms with Crippen LogP contribution in [0.5, 0.6) is 0 Å². The molecule has 18 heavy (non-hydrogen) atoms. The van der Waals surface area contributed by atoms with Crippen molar-refractivity contribution in [3.05, 3.63) is 28.8 Å². The van der Waals surface area contributed by atoms with E-state index < -0.39 is 12.0 Å². The summed E-state index contributed by atoms with van der Waals surface area (Å²) >= 11 is 5.74. The van der Waals surface area contributed by atoms with Crippen molar-refractivity contribution in [2.45, 2.75) is 6.42 Å². The maximum atomic E-state index is 11.4. The summed E-state index contributed by atoms with van der Waals surface area (Å²) in [5.41, 5.74) is 0.305. The van der Waals surface area contributed by atoms with E-state index >= 15 is 0 Å². The van der Waals surface area contributed by atoms with Crippen LogP contribution >= 0.6 is 11.6 Å². The molecule has 0 aliphatic rings. The Balaban J connectivity index is 2.70. The average molecular weight is 267 g/mol. The van der Waals surface area contributed by atoms with E-state index in [-0.39, 0.29) is 10.6 Å². The molecule has 1 rings (SSSR count). The molecule has 3 N–H and O–H groups in total. The molecule has 0 fully saturated rings. The number of benzene rings is 1. The Morgan fingerprint density at radius 1 is 1.39 bits per heavy atom. The summed E-state index contributed by atoms with van der Waals surface area (Å²) in [6.07, 6.45) is 5.46. The average Bonchev–Trinajstić information content (AvgIpc) is 2.28. The number of aromatic carboxylic acids is 1. The molecule has 0 aliphatic heterocycles. The highest BCUT2D eigenvalue weighted by atomic mass is 35.5. The number of hydrogen-bond donors (Lipinski definition) is 3. The first-order chi connectivity index (χ1) is 8.52. The molecule has 0 spiro atoms. The lowest BCUT2D eigenvalue weighted by molar-refractivity contribution is 0.0697. The molecule has 1 aromatic rings. The largest absolute Gasteiger partial charge is 0.478 e. The third-order valence-corrected chi connectivity index (χ3v) is 2.18. The van der Waals surface area contributed by atoms with Gasteiger partial charge in [-0.15, -0.1) is 12.3 Å². The molecule has 1 aromatic carbocycles. The van der Waals surface area contributed by atoms with E-state index in [0.29, 0.717) is 18.7 Å².